The third kappa shape index (κ3) is 3.56. The normalized spacial score (nSPS) is 15.2. The van der Waals surface area contributed by atoms with Gasteiger partial charge in [-0.2, -0.15) is 0 Å². The maximum absolute atomic E-state index is 13.7. The van der Waals surface area contributed by atoms with Crippen LogP contribution in [0.2, 0.25) is 0 Å². The van der Waals surface area contributed by atoms with Gasteiger partial charge in [0.05, 0.1) is 11.9 Å². The molecule has 0 amide bonds. The molecule has 1 aromatic carbocycles. The van der Waals surface area contributed by atoms with E-state index in [1.807, 2.05) is 18.2 Å². The monoisotopic (exact) mass is 359 g/mol. The van der Waals surface area contributed by atoms with Crippen LogP contribution in [-0.2, 0) is 0 Å². The van der Waals surface area contributed by atoms with Gasteiger partial charge in [0, 0.05) is 11.6 Å². The number of alkyl halides is 3. The van der Waals surface area contributed by atoms with Crippen molar-refractivity contribution >= 4 is 22.3 Å². The third-order valence-corrected chi connectivity index (χ3v) is 4.30. The van der Waals surface area contributed by atoms with Gasteiger partial charge in [0.2, 0.25) is 0 Å². The number of aromatic nitrogens is 2. The Bertz CT molecular complexity index is 927. The van der Waals surface area contributed by atoms with Gasteiger partial charge in [-0.25, -0.2) is 18.2 Å². The minimum atomic E-state index is -2.60. The van der Waals surface area contributed by atoms with E-state index in [2.05, 4.69) is 15.3 Å². The smallest absolute Gasteiger partial charge is 0.280 e. The summed E-state index contributed by atoms with van der Waals surface area (Å²) in [6, 6.07) is 10.1. The number of nitrogens with zero attached hydrogens (tertiary/aromatic N) is 2. The number of hydrogen-bond acceptors (Lipinski definition) is 4. The molecule has 4 rings (SSSR count). The Morgan fingerprint density at radius 1 is 1.12 bits per heavy atom. The third-order valence-electron chi connectivity index (χ3n) is 4.30. The van der Waals surface area contributed by atoms with Crippen molar-refractivity contribution in [2.24, 2.45) is 0 Å². The van der Waals surface area contributed by atoms with Gasteiger partial charge in [0.15, 0.2) is 0 Å². The quantitative estimate of drug-likeness (QED) is 0.658. The molecule has 1 N–H and O–H groups in total. The van der Waals surface area contributed by atoms with Crippen LogP contribution in [-0.4, -0.2) is 22.2 Å². The summed E-state index contributed by atoms with van der Waals surface area (Å²) in [4.78, 5) is 8.02. The summed E-state index contributed by atoms with van der Waals surface area (Å²) in [7, 11) is 0. The van der Waals surface area contributed by atoms with Crippen LogP contribution in [0.15, 0.2) is 48.8 Å². The molecular weight excluding hydrogens is 343 g/mol. The highest BCUT2D eigenvalue weighted by atomic mass is 19.3. The number of ether oxygens (including phenoxy) is 1. The molecule has 1 aliphatic rings. The average Bonchev–Trinajstić information content (AvgIpc) is 3.38. The number of benzene rings is 1. The van der Waals surface area contributed by atoms with E-state index in [0.29, 0.717) is 30.1 Å². The SMILES string of the molecule is FC(F)c1ccc(Nc2nccc3cc(OCC4(F)CC4)ccc23)cn1. The summed E-state index contributed by atoms with van der Waals surface area (Å²) in [5, 5.41) is 4.79. The Hall–Kier alpha value is -2.83. The van der Waals surface area contributed by atoms with Gasteiger partial charge in [-0.05, 0) is 54.6 Å². The van der Waals surface area contributed by atoms with Crippen LogP contribution in [0, 0.1) is 0 Å². The Balaban J connectivity index is 1.55. The van der Waals surface area contributed by atoms with Crippen LogP contribution in [0.4, 0.5) is 24.7 Å². The van der Waals surface area contributed by atoms with Gasteiger partial charge < -0.3 is 10.1 Å². The molecule has 0 unspecified atom stereocenters. The van der Waals surface area contributed by atoms with Crippen LogP contribution in [0.3, 0.4) is 0 Å². The largest absolute Gasteiger partial charge is 0.490 e. The first-order chi connectivity index (χ1) is 12.5. The molecule has 0 spiro atoms. The standard InChI is InChI=1S/C19H16F3N3O/c20-17(21)16-4-1-13(10-24-16)25-18-15-3-2-14(9-12(15)5-8-23-18)26-11-19(22)6-7-19/h1-5,8-10,17H,6-7,11H2,(H,23,25). The highest BCUT2D eigenvalue weighted by molar-refractivity contribution is 5.94. The van der Waals surface area contributed by atoms with Gasteiger partial charge >= 0.3 is 0 Å². The van der Waals surface area contributed by atoms with Gasteiger partial charge in [-0.1, -0.05) is 0 Å². The van der Waals surface area contributed by atoms with Crippen molar-refractivity contribution < 1.29 is 17.9 Å². The Morgan fingerprint density at radius 3 is 2.65 bits per heavy atom. The minimum absolute atomic E-state index is 0.0663. The zero-order chi connectivity index (χ0) is 18.1. The van der Waals surface area contributed by atoms with Crippen LogP contribution < -0.4 is 10.1 Å². The van der Waals surface area contributed by atoms with E-state index >= 15 is 0 Å². The van der Waals surface area contributed by atoms with Crippen molar-refractivity contribution in [3.05, 3.63) is 54.5 Å². The second-order valence-corrected chi connectivity index (χ2v) is 6.38. The molecular formula is C19H16F3N3O. The van der Waals surface area contributed by atoms with Gasteiger partial charge in [-0.15, -0.1) is 0 Å². The molecule has 134 valence electrons. The van der Waals surface area contributed by atoms with E-state index in [0.717, 1.165) is 10.8 Å². The molecule has 7 heteroatoms. The fraction of sp³-hybridized carbons (Fsp3) is 0.263. The van der Waals surface area contributed by atoms with Gasteiger partial charge in [-0.3, -0.25) is 4.98 Å². The molecule has 2 heterocycles. The van der Waals surface area contributed by atoms with E-state index in [4.69, 9.17) is 4.74 Å². The summed E-state index contributed by atoms with van der Waals surface area (Å²) in [5.41, 5.74) is -0.885. The molecule has 1 fully saturated rings. The zero-order valence-corrected chi connectivity index (χ0v) is 13.8. The molecule has 0 bridgehead atoms. The van der Waals surface area contributed by atoms with Crippen molar-refractivity contribution in [2.45, 2.75) is 24.9 Å². The lowest BCUT2D eigenvalue weighted by Gasteiger charge is -2.12. The molecule has 4 nitrogen and oxygen atoms in total. The van der Waals surface area contributed by atoms with E-state index in [1.165, 1.54) is 18.3 Å². The van der Waals surface area contributed by atoms with Crippen molar-refractivity contribution in [3.8, 4) is 5.75 Å². The molecule has 0 atom stereocenters. The Labute approximate surface area is 148 Å². The van der Waals surface area contributed by atoms with Crippen LogP contribution in [0.25, 0.3) is 10.8 Å². The predicted octanol–water partition coefficient (Wildman–Crippen LogP) is 5.19. The molecule has 1 aliphatic carbocycles. The molecule has 0 aliphatic heterocycles. The molecule has 2 aromatic heterocycles. The first-order valence-corrected chi connectivity index (χ1v) is 8.24. The van der Waals surface area contributed by atoms with E-state index in [-0.39, 0.29) is 12.3 Å². The molecule has 0 radical (unpaired) electrons. The maximum Gasteiger partial charge on any atom is 0.280 e. The Kier molecular flexibility index (Phi) is 4.14. The lowest BCUT2D eigenvalue weighted by atomic mass is 10.1. The zero-order valence-electron chi connectivity index (χ0n) is 13.8. The predicted molar refractivity (Wildman–Crippen MR) is 92.8 cm³/mol. The lowest BCUT2D eigenvalue weighted by molar-refractivity contribution is 0.146. The van der Waals surface area contributed by atoms with Crippen LogP contribution >= 0.6 is 0 Å². The molecule has 26 heavy (non-hydrogen) atoms. The summed E-state index contributed by atoms with van der Waals surface area (Å²) >= 11 is 0. The second-order valence-electron chi connectivity index (χ2n) is 6.38. The lowest BCUT2D eigenvalue weighted by Crippen LogP contribution is -2.13. The van der Waals surface area contributed by atoms with E-state index in [9.17, 15) is 13.2 Å². The highest BCUT2D eigenvalue weighted by Crippen LogP contribution is 2.40. The average molecular weight is 359 g/mol. The van der Waals surface area contributed by atoms with Gasteiger partial charge in [0.25, 0.3) is 6.43 Å². The number of anilines is 2. The number of halogens is 3. The van der Waals surface area contributed by atoms with Crippen molar-refractivity contribution in [2.75, 3.05) is 11.9 Å². The number of nitrogens with one attached hydrogen (secondary N) is 1. The number of rotatable bonds is 6. The van der Waals surface area contributed by atoms with Gasteiger partial charge in [0.1, 0.15) is 29.5 Å². The number of hydrogen-bond donors (Lipinski definition) is 1. The Morgan fingerprint density at radius 2 is 1.96 bits per heavy atom. The summed E-state index contributed by atoms with van der Waals surface area (Å²) < 4.78 is 44.4. The fourth-order valence-corrected chi connectivity index (χ4v) is 2.58. The van der Waals surface area contributed by atoms with E-state index in [1.54, 1.807) is 12.3 Å². The molecule has 3 aromatic rings. The summed E-state index contributed by atoms with van der Waals surface area (Å²) in [6.07, 6.45) is 1.48. The summed E-state index contributed by atoms with van der Waals surface area (Å²) in [5.74, 6) is 1.17. The maximum atomic E-state index is 13.7. The molecule has 0 saturated heterocycles. The molecule has 1 saturated carbocycles. The fourth-order valence-electron chi connectivity index (χ4n) is 2.58. The van der Waals surface area contributed by atoms with Crippen molar-refractivity contribution in [1.29, 1.82) is 0 Å². The highest BCUT2D eigenvalue weighted by Gasteiger charge is 2.44. The number of pyridine rings is 2. The second kappa shape index (κ2) is 6.48. The van der Waals surface area contributed by atoms with Crippen molar-refractivity contribution in [3.63, 3.8) is 0 Å². The number of fused-ring (bicyclic) bond motifs is 1. The minimum Gasteiger partial charge on any atom is -0.490 e. The van der Waals surface area contributed by atoms with Crippen LogP contribution in [0.1, 0.15) is 25.0 Å². The van der Waals surface area contributed by atoms with E-state index < -0.39 is 12.1 Å². The van der Waals surface area contributed by atoms with Crippen molar-refractivity contribution in [1.82, 2.24) is 9.97 Å². The topological polar surface area (TPSA) is 47.0 Å². The first kappa shape index (κ1) is 16.6. The summed E-state index contributed by atoms with van der Waals surface area (Å²) in [6.45, 7) is 0.0663. The van der Waals surface area contributed by atoms with Crippen LogP contribution in [0.5, 0.6) is 5.75 Å². The first-order valence-electron chi connectivity index (χ1n) is 8.24.